The third kappa shape index (κ3) is 2.95. The number of esters is 1. The normalized spacial score (nSPS) is 14.4. The predicted molar refractivity (Wildman–Crippen MR) is 74.8 cm³/mol. The molecule has 0 amide bonds. The molecule has 0 aromatic rings. The Labute approximate surface area is 120 Å². The first-order chi connectivity index (χ1) is 9.27. The number of rotatable bonds is 8. The number of carbonyl (C=O) groups excluding carboxylic acids is 1. The van der Waals surface area contributed by atoms with Crippen LogP contribution in [0.2, 0.25) is 0 Å². The third-order valence-electron chi connectivity index (χ3n) is 4.25. The SMILES string of the molecule is CCC(CC)(C(=O)OC)C(C#N)(CCC(C)C)C(=O)O. The first kappa shape index (κ1) is 18.4. The van der Waals surface area contributed by atoms with Crippen molar-refractivity contribution in [2.45, 2.75) is 53.4 Å². The van der Waals surface area contributed by atoms with Crippen molar-refractivity contribution < 1.29 is 19.4 Å². The summed E-state index contributed by atoms with van der Waals surface area (Å²) in [5.41, 5.74) is -3.05. The highest BCUT2D eigenvalue weighted by atomic mass is 16.5. The van der Waals surface area contributed by atoms with E-state index in [0.717, 1.165) is 0 Å². The highest BCUT2D eigenvalue weighted by Gasteiger charge is 2.60. The molecule has 0 fully saturated rings. The molecule has 0 spiro atoms. The van der Waals surface area contributed by atoms with Crippen molar-refractivity contribution in [3.05, 3.63) is 0 Å². The fourth-order valence-corrected chi connectivity index (χ4v) is 2.78. The van der Waals surface area contributed by atoms with Crippen LogP contribution in [-0.2, 0) is 14.3 Å². The molecular formula is C15H25NO4. The number of aliphatic carboxylic acids is 1. The van der Waals surface area contributed by atoms with Crippen LogP contribution in [0.5, 0.6) is 0 Å². The van der Waals surface area contributed by atoms with Crippen molar-refractivity contribution in [1.29, 1.82) is 5.26 Å². The molecule has 0 aliphatic rings. The Balaban J connectivity index is 5.97. The molecule has 1 atom stereocenters. The monoisotopic (exact) mass is 283 g/mol. The summed E-state index contributed by atoms with van der Waals surface area (Å²) in [5.74, 6) is -1.60. The largest absolute Gasteiger partial charge is 0.480 e. The van der Waals surface area contributed by atoms with Crippen molar-refractivity contribution in [1.82, 2.24) is 0 Å². The lowest BCUT2D eigenvalue weighted by Crippen LogP contribution is -2.52. The lowest BCUT2D eigenvalue weighted by Gasteiger charge is -2.40. The number of carbonyl (C=O) groups is 2. The Kier molecular flexibility index (Phi) is 6.70. The van der Waals surface area contributed by atoms with E-state index in [1.165, 1.54) is 7.11 Å². The summed E-state index contributed by atoms with van der Waals surface area (Å²) in [7, 11) is 1.23. The van der Waals surface area contributed by atoms with E-state index in [1.54, 1.807) is 13.8 Å². The summed E-state index contributed by atoms with van der Waals surface area (Å²) in [6.45, 7) is 7.37. The summed E-state index contributed by atoms with van der Waals surface area (Å²) < 4.78 is 4.81. The van der Waals surface area contributed by atoms with Gasteiger partial charge in [0.1, 0.15) is 0 Å². The number of nitrogens with zero attached hydrogens (tertiary/aromatic N) is 1. The van der Waals surface area contributed by atoms with Gasteiger partial charge in [0.05, 0.1) is 18.6 Å². The maximum Gasteiger partial charge on any atom is 0.325 e. The van der Waals surface area contributed by atoms with Gasteiger partial charge in [0.25, 0.3) is 0 Å². The summed E-state index contributed by atoms with van der Waals surface area (Å²) >= 11 is 0. The second-order valence-electron chi connectivity index (χ2n) is 5.54. The minimum Gasteiger partial charge on any atom is -0.480 e. The van der Waals surface area contributed by atoms with Crippen LogP contribution in [0.3, 0.4) is 0 Å². The molecule has 20 heavy (non-hydrogen) atoms. The van der Waals surface area contributed by atoms with Crippen LogP contribution >= 0.6 is 0 Å². The second kappa shape index (κ2) is 7.28. The number of ether oxygens (including phenoxy) is 1. The molecule has 0 aliphatic carbocycles. The van der Waals surface area contributed by atoms with E-state index in [0.29, 0.717) is 6.42 Å². The summed E-state index contributed by atoms with van der Waals surface area (Å²) in [6, 6.07) is 1.93. The fraction of sp³-hybridized carbons (Fsp3) is 0.800. The van der Waals surface area contributed by atoms with Gasteiger partial charge in [0.15, 0.2) is 5.41 Å². The minimum atomic E-state index is -1.74. The summed E-state index contributed by atoms with van der Waals surface area (Å²) in [6.07, 6.45) is 1.23. The Morgan fingerprint density at radius 1 is 1.30 bits per heavy atom. The molecule has 114 valence electrons. The molecule has 0 heterocycles. The van der Waals surface area contributed by atoms with Gasteiger partial charge in [-0.1, -0.05) is 27.7 Å². The molecule has 0 aliphatic heterocycles. The third-order valence-corrected chi connectivity index (χ3v) is 4.25. The van der Waals surface area contributed by atoms with E-state index < -0.39 is 22.8 Å². The molecule has 0 saturated carbocycles. The highest BCUT2D eigenvalue weighted by Crippen LogP contribution is 2.49. The van der Waals surface area contributed by atoms with Gasteiger partial charge in [-0.2, -0.15) is 5.26 Å². The van der Waals surface area contributed by atoms with E-state index in [9.17, 15) is 20.0 Å². The fourth-order valence-electron chi connectivity index (χ4n) is 2.78. The van der Waals surface area contributed by atoms with Gasteiger partial charge in [0.2, 0.25) is 0 Å². The van der Waals surface area contributed by atoms with E-state index >= 15 is 0 Å². The van der Waals surface area contributed by atoms with Crippen molar-refractivity contribution in [3.8, 4) is 6.07 Å². The zero-order valence-electron chi connectivity index (χ0n) is 13.0. The van der Waals surface area contributed by atoms with Gasteiger partial charge in [-0.05, 0) is 31.6 Å². The number of hydrogen-bond donors (Lipinski definition) is 1. The van der Waals surface area contributed by atoms with Gasteiger partial charge in [0, 0.05) is 0 Å². The lowest BCUT2D eigenvalue weighted by molar-refractivity contribution is -0.173. The average Bonchev–Trinajstić information content (AvgIpc) is 2.42. The number of methoxy groups -OCH3 is 1. The van der Waals surface area contributed by atoms with Gasteiger partial charge in [-0.3, -0.25) is 9.59 Å². The van der Waals surface area contributed by atoms with E-state index in [-0.39, 0.29) is 25.2 Å². The molecule has 1 N–H and O–H groups in total. The molecule has 0 rings (SSSR count). The maximum absolute atomic E-state index is 12.2. The van der Waals surface area contributed by atoms with Crippen LogP contribution < -0.4 is 0 Å². The second-order valence-corrected chi connectivity index (χ2v) is 5.54. The topological polar surface area (TPSA) is 87.4 Å². The minimum absolute atomic E-state index is 0.146. The molecular weight excluding hydrogens is 258 g/mol. The van der Waals surface area contributed by atoms with Gasteiger partial charge >= 0.3 is 11.9 Å². The van der Waals surface area contributed by atoms with Crippen LogP contribution in [0.4, 0.5) is 0 Å². The van der Waals surface area contributed by atoms with Crippen LogP contribution in [-0.4, -0.2) is 24.2 Å². The maximum atomic E-state index is 12.2. The standard InChI is InChI=1S/C15H25NO4/c1-6-14(7-2,13(19)20-5)15(10-16,12(17)18)9-8-11(3)4/h11H,6-9H2,1-5H3,(H,17,18). The molecule has 0 bridgehead atoms. The van der Waals surface area contributed by atoms with Gasteiger partial charge < -0.3 is 9.84 Å². The van der Waals surface area contributed by atoms with Crippen LogP contribution in [0.15, 0.2) is 0 Å². The molecule has 5 nitrogen and oxygen atoms in total. The zero-order chi connectivity index (χ0) is 16.0. The highest BCUT2D eigenvalue weighted by molar-refractivity contribution is 5.89. The molecule has 0 aromatic carbocycles. The number of hydrogen-bond acceptors (Lipinski definition) is 4. The van der Waals surface area contributed by atoms with Crippen LogP contribution in [0.1, 0.15) is 53.4 Å². The Morgan fingerprint density at radius 2 is 1.80 bits per heavy atom. The molecule has 0 saturated heterocycles. The quantitative estimate of drug-likeness (QED) is 0.692. The zero-order valence-corrected chi connectivity index (χ0v) is 13.0. The van der Waals surface area contributed by atoms with Crippen LogP contribution in [0.25, 0.3) is 0 Å². The summed E-state index contributed by atoms with van der Waals surface area (Å²) in [5, 5.41) is 19.2. The lowest BCUT2D eigenvalue weighted by atomic mass is 9.58. The van der Waals surface area contributed by atoms with Crippen molar-refractivity contribution in [2.24, 2.45) is 16.7 Å². The van der Waals surface area contributed by atoms with Crippen molar-refractivity contribution in [2.75, 3.05) is 7.11 Å². The van der Waals surface area contributed by atoms with E-state index in [2.05, 4.69) is 0 Å². The first-order valence-corrected chi connectivity index (χ1v) is 7.01. The van der Waals surface area contributed by atoms with Gasteiger partial charge in [-0.25, -0.2) is 0 Å². The molecule has 5 heteroatoms. The Morgan fingerprint density at radius 3 is 2.05 bits per heavy atom. The van der Waals surface area contributed by atoms with Gasteiger partial charge in [-0.15, -0.1) is 0 Å². The smallest absolute Gasteiger partial charge is 0.325 e. The van der Waals surface area contributed by atoms with Crippen molar-refractivity contribution >= 4 is 11.9 Å². The first-order valence-electron chi connectivity index (χ1n) is 7.01. The Hall–Kier alpha value is -1.57. The summed E-state index contributed by atoms with van der Waals surface area (Å²) in [4.78, 5) is 24.0. The number of nitriles is 1. The van der Waals surface area contributed by atoms with E-state index in [4.69, 9.17) is 4.74 Å². The number of carboxylic acids is 1. The number of carboxylic acid groups (broad SMARTS) is 1. The molecule has 0 aromatic heterocycles. The predicted octanol–water partition coefficient (Wildman–Crippen LogP) is 3.00. The van der Waals surface area contributed by atoms with Crippen molar-refractivity contribution in [3.63, 3.8) is 0 Å². The molecule has 1 unspecified atom stereocenters. The Bertz CT molecular complexity index is 393. The average molecular weight is 283 g/mol. The van der Waals surface area contributed by atoms with E-state index in [1.807, 2.05) is 19.9 Å². The molecule has 0 radical (unpaired) electrons. The van der Waals surface area contributed by atoms with Crippen LogP contribution in [0, 0.1) is 28.1 Å².